The molecule has 0 spiro atoms. The van der Waals surface area contributed by atoms with Gasteiger partial charge in [-0.15, -0.1) is 0 Å². The Bertz CT molecular complexity index is 93.2. The number of nitrogens with one attached hydrogen (secondary N) is 1. The van der Waals surface area contributed by atoms with Crippen molar-refractivity contribution in [1.82, 2.24) is 5.32 Å². The summed E-state index contributed by atoms with van der Waals surface area (Å²) in [6, 6.07) is 0.268. The lowest BCUT2D eigenvalue weighted by molar-refractivity contribution is -0.0285. The highest BCUT2D eigenvalue weighted by Crippen LogP contribution is 2.23. The Hall–Kier alpha value is -0.180. The zero-order valence-electron chi connectivity index (χ0n) is 5.45. The molecule has 54 valence electrons. The number of piperidine rings is 1. The smallest absolute Gasteiger partial charge is 0.260 e. The molecule has 9 heavy (non-hydrogen) atoms. The minimum atomic E-state index is -2.45. The first-order valence-electron chi connectivity index (χ1n) is 3.21. The highest BCUT2D eigenvalue weighted by Gasteiger charge is 2.32. The van der Waals surface area contributed by atoms with Crippen molar-refractivity contribution in [3.63, 3.8) is 0 Å². The summed E-state index contributed by atoms with van der Waals surface area (Å²) in [7, 11) is 0. The molecule has 0 radical (unpaired) electrons. The average Bonchev–Trinajstić information content (AvgIpc) is 1.78. The molecule has 0 saturated carbocycles. The van der Waals surface area contributed by atoms with Gasteiger partial charge in [0.1, 0.15) is 0 Å². The molecule has 0 aromatic carbocycles. The first-order chi connectivity index (χ1) is 4.10. The summed E-state index contributed by atoms with van der Waals surface area (Å²) in [4.78, 5) is 0. The Morgan fingerprint density at radius 3 is 2.56 bits per heavy atom. The van der Waals surface area contributed by atoms with Crippen LogP contribution in [0.1, 0.15) is 19.8 Å². The van der Waals surface area contributed by atoms with Gasteiger partial charge in [-0.05, 0) is 13.3 Å². The number of rotatable bonds is 0. The van der Waals surface area contributed by atoms with Crippen molar-refractivity contribution < 1.29 is 8.78 Å². The molecule has 1 rings (SSSR count). The Labute approximate surface area is 53.4 Å². The third-order valence-corrected chi connectivity index (χ3v) is 1.65. The number of hydrogen-bond acceptors (Lipinski definition) is 1. The lowest BCUT2D eigenvalue weighted by Crippen LogP contribution is -2.43. The molecule has 0 unspecified atom stereocenters. The standard InChI is InChI=1S/C6H11F2N/c1-5-2-3-6(7,8)4-9-5/h5,9H,2-4H2,1H3/t5-/m1/s1. The summed E-state index contributed by atoms with van der Waals surface area (Å²) in [5, 5.41) is 2.72. The number of halogens is 2. The Morgan fingerprint density at radius 2 is 2.22 bits per heavy atom. The van der Waals surface area contributed by atoms with Gasteiger partial charge in [-0.2, -0.15) is 0 Å². The van der Waals surface area contributed by atoms with Crippen LogP contribution in [0.4, 0.5) is 8.78 Å². The van der Waals surface area contributed by atoms with Crippen LogP contribution in [0.3, 0.4) is 0 Å². The normalized spacial score (nSPS) is 34.3. The van der Waals surface area contributed by atoms with E-state index in [0.29, 0.717) is 6.42 Å². The first kappa shape index (κ1) is 6.93. The lowest BCUT2D eigenvalue weighted by Gasteiger charge is -2.26. The van der Waals surface area contributed by atoms with Crippen LogP contribution in [0.2, 0.25) is 0 Å². The van der Waals surface area contributed by atoms with Crippen LogP contribution < -0.4 is 5.32 Å². The van der Waals surface area contributed by atoms with Crippen LogP contribution in [0.15, 0.2) is 0 Å². The molecule has 1 heterocycles. The molecule has 0 aromatic heterocycles. The fraction of sp³-hybridized carbons (Fsp3) is 1.00. The van der Waals surface area contributed by atoms with Gasteiger partial charge in [-0.25, -0.2) is 8.78 Å². The third kappa shape index (κ3) is 1.90. The van der Waals surface area contributed by atoms with Crippen LogP contribution in [0.5, 0.6) is 0 Å². The number of alkyl halides is 2. The van der Waals surface area contributed by atoms with Crippen molar-refractivity contribution >= 4 is 0 Å². The van der Waals surface area contributed by atoms with E-state index in [0.717, 1.165) is 0 Å². The molecule has 1 nitrogen and oxygen atoms in total. The van der Waals surface area contributed by atoms with Crippen molar-refractivity contribution in [2.45, 2.75) is 31.7 Å². The van der Waals surface area contributed by atoms with E-state index in [2.05, 4.69) is 5.32 Å². The second-order valence-electron chi connectivity index (χ2n) is 2.68. The highest BCUT2D eigenvalue weighted by molar-refractivity contribution is 4.79. The fourth-order valence-corrected chi connectivity index (χ4v) is 0.942. The van der Waals surface area contributed by atoms with Crippen molar-refractivity contribution in [2.75, 3.05) is 6.54 Å². The quantitative estimate of drug-likeness (QED) is 0.529. The summed E-state index contributed by atoms with van der Waals surface area (Å²) in [6.07, 6.45) is 0.633. The summed E-state index contributed by atoms with van der Waals surface area (Å²) < 4.78 is 24.6. The topological polar surface area (TPSA) is 12.0 Å². The second kappa shape index (κ2) is 2.21. The minimum Gasteiger partial charge on any atom is -0.309 e. The van der Waals surface area contributed by atoms with Crippen molar-refractivity contribution in [3.8, 4) is 0 Å². The molecule has 1 atom stereocenters. The molecule has 0 aliphatic carbocycles. The maximum Gasteiger partial charge on any atom is 0.260 e. The van der Waals surface area contributed by atoms with Crippen LogP contribution in [-0.4, -0.2) is 18.5 Å². The molecule has 1 aliphatic rings. The van der Waals surface area contributed by atoms with Crippen LogP contribution >= 0.6 is 0 Å². The zero-order valence-corrected chi connectivity index (χ0v) is 5.45. The largest absolute Gasteiger partial charge is 0.309 e. The van der Waals surface area contributed by atoms with E-state index >= 15 is 0 Å². The monoisotopic (exact) mass is 135 g/mol. The van der Waals surface area contributed by atoms with Crippen LogP contribution in [-0.2, 0) is 0 Å². The molecular weight excluding hydrogens is 124 g/mol. The summed E-state index contributed by atoms with van der Waals surface area (Å²) >= 11 is 0. The predicted octanol–water partition coefficient (Wildman–Crippen LogP) is 1.39. The van der Waals surface area contributed by atoms with Crippen molar-refractivity contribution in [3.05, 3.63) is 0 Å². The van der Waals surface area contributed by atoms with Gasteiger partial charge < -0.3 is 5.32 Å². The van der Waals surface area contributed by atoms with E-state index in [-0.39, 0.29) is 19.0 Å². The molecule has 0 amide bonds. The summed E-state index contributed by atoms with van der Waals surface area (Å²) in [6.45, 7) is 1.78. The average molecular weight is 135 g/mol. The fourth-order valence-electron chi connectivity index (χ4n) is 0.942. The first-order valence-corrected chi connectivity index (χ1v) is 3.21. The van der Waals surface area contributed by atoms with E-state index in [1.54, 1.807) is 0 Å². The third-order valence-electron chi connectivity index (χ3n) is 1.65. The zero-order chi connectivity index (χ0) is 6.91. The van der Waals surface area contributed by atoms with E-state index in [1.807, 2.05) is 6.92 Å². The molecule has 1 saturated heterocycles. The molecule has 3 heteroatoms. The SMILES string of the molecule is C[C@@H]1CCC(F)(F)CN1. The molecular formula is C6H11F2N. The highest BCUT2D eigenvalue weighted by atomic mass is 19.3. The van der Waals surface area contributed by atoms with Gasteiger partial charge in [0.15, 0.2) is 0 Å². The van der Waals surface area contributed by atoms with E-state index < -0.39 is 5.92 Å². The molecule has 1 N–H and O–H groups in total. The minimum absolute atomic E-state index is 0.0428. The summed E-state index contributed by atoms with van der Waals surface area (Å²) in [5.41, 5.74) is 0. The lowest BCUT2D eigenvalue weighted by atomic mass is 10.0. The maximum atomic E-state index is 12.3. The van der Waals surface area contributed by atoms with Gasteiger partial charge >= 0.3 is 0 Å². The van der Waals surface area contributed by atoms with Gasteiger partial charge in [0, 0.05) is 12.5 Å². The molecule has 1 fully saturated rings. The molecule has 0 aromatic rings. The number of hydrogen-bond donors (Lipinski definition) is 1. The molecule has 0 bridgehead atoms. The Morgan fingerprint density at radius 1 is 1.56 bits per heavy atom. The van der Waals surface area contributed by atoms with E-state index in [1.165, 1.54) is 0 Å². The second-order valence-corrected chi connectivity index (χ2v) is 2.68. The van der Waals surface area contributed by atoms with Gasteiger partial charge in [0.25, 0.3) is 5.92 Å². The van der Waals surface area contributed by atoms with Crippen LogP contribution in [0, 0.1) is 0 Å². The molecule has 1 aliphatic heterocycles. The Balaban J connectivity index is 2.35. The maximum absolute atomic E-state index is 12.3. The van der Waals surface area contributed by atoms with Crippen LogP contribution in [0.25, 0.3) is 0 Å². The summed E-state index contributed by atoms with van der Waals surface area (Å²) in [5.74, 6) is -2.45. The van der Waals surface area contributed by atoms with Crippen molar-refractivity contribution in [1.29, 1.82) is 0 Å². The van der Waals surface area contributed by atoms with E-state index in [4.69, 9.17) is 0 Å². The van der Waals surface area contributed by atoms with Gasteiger partial charge in [-0.3, -0.25) is 0 Å². The predicted molar refractivity (Wildman–Crippen MR) is 31.6 cm³/mol. The Kier molecular flexibility index (Phi) is 1.70. The van der Waals surface area contributed by atoms with Crippen molar-refractivity contribution in [2.24, 2.45) is 0 Å². The van der Waals surface area contributed by atoms with E-state index in [9.17, 15) is 8.78 Å². The van der Waals surface area contributed by atoms with Gasteiger partial charge in [0.05, 0.1) is 6.54 Å². The van der Waals surface area contributed by atoms with Gasteiger partial charge in [0.2, 0.25) is 0 Å². The van der Waals surface area contributed by atoms with Gasteiger partial charge in [-0.1, -0.05) is 0 Å².